The maximum Gasteiger partial charge on any atom is 0.0798 e. The molecule has 3 heterocycles. The Hall–Kier alpha value is -4.97. The number of benzene rings is 6. The number of pyridine rings is 1. The molecular weight excluding hydrogens is 991 g/mol. The van der Waals surface area contributed by atoms with Crippen molar-refractivity contribution in [2.45, 2.75) is 97.7 Å². The van der Waals surface area contributed by atoms with Crippen LogP contribution in [0.25, 0.3) is 70.7 Å². The van der Waals surface area contributed by atoms with Crippen LogP contribution in [0.3, 0.4) is 0 Å². The molecule has 1 aliphatic carbocycles. The Labute approximate surface area is 399 Å². The summed E-state index contributed by atoms with van der Waals surface area (Å²) in [6.07, 6.45) is 10.5. The molecule has 0 amide bonds. The monoisotopic (exact) mass is 1050 g/mol. The van der Waals surface area contributed by atoms with Crippen LogP contribution in [-0.2, 0) is 26.5 Å². The van der Waals surface area contributed by atoms with Gasteiger partial charge in [-0.15, -0.1) is 59.7 Å². The minimum atomic E-state index is -1.36. The summed E-state index contributed by atoms with van der Waals surface area (Å²) in [6, 6.07) is 54.6. The van der Waals surface area contributed by atoms with E-state index in [0.29, 0.717) is 11.8 Å². The zero-order valence-electron chi connectivity index (χ0n) is 38.3. The van der Waals surface area contributed by atoms with Gasteiger partial charge in [-0.05, 0) is 97.7 Å². The summed E-state index contributed by atoms with van der Waals surface area (Å²) in [5, 5.41) is 4.10. The van der Waals surface area contributed by atoms with Gasteiger partial charge >= 0.3 is 0 Å². The maximum atomic E-state index is 5.25. The van der Waals surface area contributed by atoms with Crippen LogP contribution in [-0.4, -0.2) is 22.6 Å². The smallest absolute Gasteiger partial charge is 0.0798 e. The van der Waals surface area contributed by atoms with Crippen LogP contribution < -0.4 is 5.19 Å². The van der Waals surface area contributed by atoms with Crippen LogP contribution >= 0.6 is 11.3 Å². The van der Waals surface area contributed by atoms with E-state index in [1.807, 2.05) is 23.5 Å². The van der Waals surface area contributed by atoms with Crippen molar-refractivity contribution in [3.05, 3.63) is 168 Å². The predicted octanol–water partition coefficient (Wildman–Crippen LogP) is 16.0. The molecule has 1 fully saturated rings. The van der Waals surface area contributed by atoms with Gasteiger partial charge in [0.05, 0.1) is 24.9 Å². The molecule has 3 aromatic heterocycles. The van der Waals surface area contributed by atoms with Gasteiger partial charge < -0.3 is 9.55 Å². The topological polar surface area (TPSA) is 30.7 Å². The van der Waals surface area contributed by atoms with Gasteiger partial charge in [-0.1, -0.05) is 157 Å². The maximum absolute atomic E-state index is 5.25. The van der Waals surface area contributed by atoms with E-state index in [1.165, 1.54) is 86.6 Å². The largest absolute Gasteiger partial charge is 0.333 e. The van der Waals surface area contributed by atoms with Gasteiger partial charge in [-0.25, -0.2) is 0 Å². The van der Waals surface area contributed by atoms with E-state index in [0.717, 1.165) is 39.6 Å². The van der Waals surface area contributed by atoms with Crippen LogP contribution in [0, 0.1) is 18.1 Å². The van der Waals surface area contributed by atoms with Crippen molar-refractivity contribution in [1.82, 2.24) is 14.5 Å². The summed E-state index contributed by atoms with van der Waals surface area (Å²) in [5.41, 5.74) is 13.3. The fourth-order valence-electron chi connectivity index (χ4n) is 9.59. The van der Waals surface area contributed by atoms with E-state index in [2.05, 4.69) is 192 Å². The molecule has 64 heavy (non-hydrogen) atoms. The number of fused-ring (bicyclic) bond motifs is 4. The van der Waals surface area contributed by atoms with Gasteiger partial charge in [-0.2, -0.15) is 11.3 Å². The van der Waals surface area contributed by atoms with Crippen molar-refractivity contribution in [3.63, 3.8) is 0 Å². The number of hydrogen-bond donors (Lipinski definition) is 0. The summed E-state index contributed by atoms with van der Waals surface area (Å²) in [6.45, 7) is 16.5. The number of aromatic nitrogens is 3. The summed E-state index contributed by atoms with van der Waals surface area (Å²) >= 11 is 1.82. The average molecular weight is 1050 g/mol. The molecular formula is C58H59IrN3SSi-2. The molecule has 10 rings (SSSR count). The zero-order chi connectivity index (χ0) is 43.7. The van der Waals surface area contributed by atoms with Crippen molar-refractivity contribution in [1.29, 1.82) is 0 Å². The second kappa shape index (κ2) is 19.6. The summed E-state index contributed by atoms with van der Waals surface area (Å²) in [5.74, 6) is 2.47. The Morgan fingerprint density at radius 1 is 0.688 bits per heavy atom. The standard InChI is InChI=1S/C37H31N2S.C21H28NSi.Ir/c1-23(2)29-21-27(25-12-6-5-7-13-25)22-30(24(3)4)36(29)39-33-16-10-9-15-32(33)38-37(39)26-18-19-35-31(20-26)28-14-8-11-17-34(28)40-35;1-23(2,3)21-16-22-20(18-12-8-5-9-13-18)15-19(21)14-17-10-6-4-7-11-17;/h5-17,19-24H,1-4H3;5,8-9,12,15-17H,4,6-7,10-11,14H2,1-3H3;/q2*-1;. The first-order chi connectivity index (χ1) is 30.5. The normalized spacial score (nSPS) is 13.4. The average Bonchev–Trinajstić information content (AvgIpc) is 3.88. The summed E-state index contributed by atoms with van der Waals surface area (Å²) < 4.78 is 4.96. The Morgan fingerprint density at radius 3 is 2.08 bits per heavy atom. The molecule has 1 saturated carbocycles. The Bertz CT molecular complexity index is 2980. The third kappa shape index (κ3) is 9.53. The van der Waals surface area contributed by atoms with Gasteiger partial charge in [0, 0.05) is 36.7 Å². The van der Waals surface area contributed by atoms with E-state index in [1.54, 1.807) is 10.8 Å². The first-order valence-electron chi connectivity index (χ1n) is 23.0. The third-order valence-electron chi connectivity index (χ3n) is 12.9. The molecule has 0 spiro atoms. The van der Waals surface area contributed by atoms with E-state index in [-0.39, 0.29) is 20.1 Å². The minimum Gasteiger partial charge on any atom is -0.333 e. The van der Waals surface area contributed by atoms with Crippen LogP contribution in [0.2, 0.25) is 19.6 Å². The van der Waals surface area contributed by atoms with E-state index in [9.17, 15) is 0 Å². The van der Waals surface area contributed by atoms with Crippen molar-refractivity contribution in [2.24, 2.45) is 5.92 Å². The van der Waals surface area contributed by atoms with Crippen LogP contribution in [0.4, 0.5) is 0 Å². The molecule has 0 aliphatic heterocycles. The van der Waals surface area contributed by atoms with Crippen molar-refractivity contribution in [2.75, 3.05) is 0 Å². The molecule has 3 nitrogen and oxygen atoms in total. The zero-order valence-corrected chi connectivity index (χ0v) is 42.5. The second-order valence-corrected chi connectivity index (χ2v) is 25.2. The molecule has 1 radical (unpaired) electrons. The van der Waals surface area contributed by atoms with Gasteiger partial charge in [0.15, 0.2) is 0 Å². The first-order valence-corrected chi connectivity index (χ1v) is 27.4. The van der Waals surface area contributed by atoms with Crippen LogP contribution in [0.5, 0.6) is 0 Å². The molecule has 0 N–H and O–H groups in total. The quantitative estimate of drug-likeness (QED) is 0.107. The molecule has 0 unspecified atom stereocenters. The summed E-state index contributed by atoms with van der Waals surface area (Å²) in [4.78, 5) is 10.0. The molecule has 1 aliphatic rings. The van der Waals surface area contributed by atoms with Crippen LogP contribution in [0.1, 0.15) is 88.3 Å². The Kier molecular flexibility index (Phi) is 14.0. The fourth-order valence-corrected chi connectivity index (χ4v) is 12.2. The van der Waals surface area contributed by atoms with E-state index >= 15 is 0 Å². The number of hydrogen-bond acceptors (Lipinski definition) is 3. The first kappa shape index (κ1) is 45.6. The van der Waals surface area contributed by atoms with Crippen molar-refractivity contribution < 1.29 is 20.1 Å². The summed E-state index contributed by atoms with van der Waals surface area (Å²) in [7, 11) is -1.36. The number of rotatable bonds is 9. The Morgan fingerprint density at radius 2 is 1.38 bits per heavy atom. The molecule has 6 heteroatoms. The predicted molar refractivity (Wildman–Crippen MR) is 274 cm³/mol. The number of nitrogens with zero attached hydrogens (tertiary/aromatic N) is 3. The SMILES string of the molecule is CC(C)c1cc(-c2ccccc2)cc(C(C)C)c1-n1c(-c2[c-]cc3sc4ccccc4c3c2)nc2ccccc21.C[Si](C)(C)c1cnc(-c2[c-]cccc2)cc1CC1CCCCC1.[Ir]. The van der Waals surface area contributed by atoms with Crippen molar-refractivity contribution >= 4 is 55.8 Å². The number of para-hydroxylation sites is 2. The second-order valence-electron chi connectivity index (χ2n) is 19.1. The third-order valence-corrected chi connectivity index (χ3v) is 16.1. The molecule has 9 aromatic rings. The van der Waals surface area contributed by atoms with Crippen LogP contribution in [0.15, 0.2) is 140 Å². The molecule has 0 bridgehead atoms. The van der Waals surface area contributed by atoms with Gasteiger partial charge in [-0.3, -0.25) is 4.98 Å². The van der Waals surface area contributed by atoms with Gasteiger partial charge in [0.1, 0.15) is 0 Å². The van der Waals surface area contributed by atoms with E-state index in [4.69, 9.17) is 9.97 Å². The fraction of sp³-hybridized carbons (Fsp3) is 0.276. The van der Waals surface area contributed by atoms with Gasteiger partial charge in [0.25, 0.3) is 0 Å². The molecule has 0 atom stereocenters. The van der Waals surface area contributed by atoms with E-state index < -0.39 is 8.07 Å². The Balaban J connectivity index is 0.000000199. The van der Waals surface area contributed by atoms with Crippen molar-refractivity contribution in [3.8, 4) is 39.5 Å². The van der Waals surface area contributed by atoms with Gasteiger partial charge in [0.2, 0.25) is 0 Å². The minimum absolute atomic E-state index is 0. The molecule has 6 aromatic carbocycles. The number of thiophene rings is 1. The molecule has 327 valence electrons. The number of imidazole rings is 1. The molecule has 0 saturated heterocycles.